The third-order valence-corrected chi connectivity index (χ3v) is 13.9. The van der Waals surface area contributed by atoms with Crippen molar-refractivity contribution < 1.29 is 4.42 Å². The molecule has 13 rings (SSSR count). The van der Waals surface area contributed by atoms with Gasteiger partial charge in [0.25, 0.3) is 0 Å². The first-order valence-electron chi connectivity index (χ1n) is 23.1. The monoisotopic (exact) mass is 853 g/mol. The molecule has 0 amide bonds. The van der Waals surface area contributed by atoms with Crippen LogP contribution >= 0.6 is 0 Å². The molecule has 12 aromatic rings. The highest BCUT2D eigenvalue weighted by atomic mass is 16.3. The number of hydrogen-bond donors (Lipinski definition) is 0. The van der Waals surface area contributed by atoms with Gasteiger partial charge >= 0.3 is 0 Å². The lowest BCUT2D eigenvalue weighted by Crippen LogP contribution is -2.28. The van der Waals surface area contributed by atoms with E-state index in [2.05, 4.69) is 260 Å². The van der Waals surface area contributed by atoms with Gasteiger partial charge in [0.05, 0.1) is 11.1 Å². The van der Waals surface area contributed by atoms with Crippen LogP contribution in [0.1, 0.15) is 22.3 Å². The number of hydrogen-bond acceptors (Lipinski definition) is 2. The van der Waals surface area contributed by atoms with Gasteiger partial charge in [-0.15, -0.1) is 0 Å². The average molecular weight is 854 g/mol. The second kappa shape index (κ2) is 15.8. The van der Waals surface area contributed by atoms with Gasteiger partial charge in [-0.3, -0.25) is 0 Å². The molecule has 0 radical (unpaired) electrons. The molecule has 2 heteroatoms. The minimum Gasteiger partial charge on any atom is -0.456 e. The van der Waals surface area contributed by atoms with E-state index in [1.165, 1.54) is 49.7 Å². The van der Waals surface area contributed by atoms with Crippen molar-refractivity contribution in [2.45, 2.75) is 5.41 Å². The number of anilines is 3. The van der Waals surface area contributed by atoms with Crippen LogP contribution in [-0.4, -0.2) is 0 Å². The van der Waals surface area contributed by atoms with Gasteiger partial charge in [0.2, 0.25) is 0 Å². The van der Waals surface area contributed by atoms with Crippen LogP contribution in [-0.2, 0) is 5.41 Å². The van der Waals surface area contributed by atoms with Crippen LogP contribution in [0.3, 0.4) is 0 Å². The molecule has 1 aliphatic rings. The fraction of sp³-hybridized carbons (Fsp3) is 0.0154. The summed E-state index contributed by atoms with van der Waals surface area (Å²) in [5.74, 6) is 0. The van der Waals surface area contributed by atoms with E-state index in [4.69, 9.17) is 4.42 Å². The van der Waals surface area contributed by atoms with Crippen LogP contribution in [0, 0.1) is 0 Å². The van der Waals surface area contributed by atoms with Gasteiger partial charge < -0.3 is 9.32 Å². The van der Waals surface area contributed by atoms with E-state index >= 15 is 0 Å². The van der Waals surface area contributed by atoms with Gasteiger partial charge in [-0.2, -0.15) is 0 Å². The molecule has 2 nitrogen and oxygen atoms in total. The maximum Gasteiger partial charge on any atom is 0.136 e. The quantitative estimate of drug-likeness (QED) is 0.151. The normalized spacial score (nSPS) is 12.6. The smallest absolute Gasteiger partial charge is 0.136 e. The van der Waals surface area contributed by atoms with Crippen molar-refractivity contribution in [2.24, 2.45) is 0 Å². The van der Waals surface area contributed by atoms with E-state index in [1.54, 1.807) is 0 Å². The van der Waals surface area contributed by atoms with Gasteiger partial charge in [-0.05, 0) is 121 Å². The first kappa shape index (κ1) is 38.7. The molecule has 0 bridgehead atoms. The van der Waals surface area contributed by atoms with Gasteiger partial charge in [0.15, 0.2) is 0 Å². The maximum atomic E-state index is 6.43. The summed E-state index contributed by atoms with van der Waals surface area (Å²) < 4.78 is 6.43. The molecule has 1 aliphatic carbocycles. The summed E-state index contributed by atoms with van der Waals surface area (Å²) in [6, 6.07) is 95.4. The van der Waals surface area contributed by atoms with Crippen molar-refractivity contribution in [3.05, 3.63) is 283 Å². The Hall–Kier alpha value is -8.72. The van der Waals surface area contributed by atoms with E-state index in [-0.39, 0.29) is 0 Å². The summed E-state index contributed by atoms with van der Waals surface area (Å²) >= 11 is 0. The molecular weight excluding hydrogens is 811 g/mol. The van der Waals surface area contributed by atoms with Crippen LogP contribution < -0.4 is 4.90 Å². The molecule has 0 saturated heterocycles. The molecule has 0 spiro atoms. The molecular formula is C65H43NO. The Kier molecular flexibility index (Phi) is 9.11. The largest absolute Gasteiger partial charge is 0.456 e. The minimum absolute atomic E-state index is 0.564. The maximum absolute atomic E-state index is 6.43. The highest BCUT2D eigenvalue weighted by molar-refractivity contribution is 6.12. The van der Waals surface area contributed by atoms with Gasteiger partial charge in [-0.1, -0.05) is 212 Å². The summed E-state index contributed by atoms with van der Waals surface area (Å²) in [6.07, 6.45) is 0. The molecule has 0 unspecified atom stereocenters. The Morgan fingerprint density at radius 1 is 0.313 bits per heavy atom. The van der Waals surface area contributed by atoms with Crippen molar-refractivity contribution in [1.29, 1.82) is 0 Å². The van der Waals surface area contributed by atoms with Crippen LogP contribution in [0.2, 0.25) is 0 Å². The third-order valence-electron chi connectivity index (χ3n) is 13.9. The highest BCUT2D eigenvalue weighted by Crippen LogP contribution is 2.57. The van der Waals surface area contributed by atoms with Gasteiger partial charge in [0.1, 0.15) is 11.2 Å². The van der Waals surface area contributed by atoms with Gasteiger partial charge in [0, 0.05) is 27.7 Å². The molecule has 67 heavy (non-hydrogen) atoms. The van der Waals surface area contributed by atoms with Crippen molar-refractivity contribution >= 4 is 49.8 Å². The van der Waals surface area contributed by atoms with Crippen LogP contribution in [0.4, 0.5) is 17.1 Å². The molecule has 314 valence electrons. The van der Waals surface area contributed by atoms with E-state index in [9.17, 15) is 0 Å². The zero-order chi connectivity index (χ0) is 44.3. The summed E-state index contributed by atoms with van der Waals surface area (Å²) in [5, 5.41) is 4.68. The Morgan fingerprint density at radius 3 is 1.72 bits per heavy atom. The lowest BCUT2D eigenvalue weighted by Gasteiger charge is -2.35. The van der Waals surface area contributed by atoms with Crippen molar-refractivity contribution in [3.8, 4) is 44.5 Å². The molecule has 1 aromatic heterocycles. The van der Waals surface area contributed by atoms with E-state index in [0.717, 1.165) is 66.8 Å². The predicted octanol–water partition coefficient (Wildman–Crippen LogP) is 17.6. The Bertz CT molecular complexity index is 3770. The van der Waals surface area contributed by atoms with E-state index in [1.807, 2.05) is 6.07 Å². The number of para-hydroxylation sites is 1. The fourth-order valence-electron chi connectivity index (χ4n) is 11.0. The topological polar surface area (TPSA) is 16.4 Å². The summed E-state index contributed by atoms with van der Waals surface area (Å²) in [5.41, 5.74) is 18.8. The van der Waals surface area contributed by atoms with Crippen LogP contribution in [0.25, 0.3) is 77.2 Å². The SMILES string of the molecule is c1ccc(-c2ccc(-c3ccc4ccccc4c3)cc2N(c2cccc(-c3cccc4oc5ccccc5c34)c2)c2ccc3c(c2)C(c2ccccc2)(c2ccccc2)c2ccccc2-3)cc1. The number of nitrogens with zero attached hydrogens (tertiary/aromatic N) is 1. The number of rotatable bonds is 8. The zero-order valence-corrected chi connectivity index (χ0v) is 36.7. The highest BCUT2D eigenvalue weighted by Gasteiger charge is 2.46. The van der Waals surface area contributed by atoms with Crippen LogP contribution in [0.15, 0.2) is 265 Å². The molecule has 0 atom stereocenters. The molecule has 0 saturated carbocycles. The second-order valence-electron chi connectivity index (χ2n) is 17.6. The number of furan rings is 1. The molecule has 11 aromatic carbocycles. The van der Waals surface area contributed by atoms with E-state index in [0.29, 0.717) is 0 Å². The summed E-state index contributed by atoms with van der Waals surface area (Å²) in [6.45, 7) is 0. The van der Waals surface area contributed by atoms with E-state index < -0.39 is 5.41 Å². The average Bonchev–Trinajstić information content (AvgIpc) is 3.93. The van der Waals surface area contributed by atoms with Crippen molar-refractivity contribution in [3.63, 3.8) is 0 Å². The third kappa shape index (κ3) is 6.26. The lowest BCUT2D eigenvalue weighted by atomic mass is 9.67. The second-order valence-corrected chi connectivity index (χ2v) is 17.6. The fourth-order valence-corrected chi connectivity index (χ4v) is 11.0. The zero-order valence-electron chi connectivity index (χ0n) is 36.7. The summed E-state index contributed by atoms with van der Waals surface area (Å²) in [4.78, 5) is 2.49. The Labute approximate surface area is 390 Å². The molecule has 1 heterocycles. The molecule has 0 aliphatic heterocycles. The molecule has 0 N–H and O–H groups in total. The first-order chi connectivity index (χ1) is 33.2. The summed E-state index contributed by atoms with van der Waals surface area (Å²) in [7, 11) is 0. The van der Waals surface area contributed by atoms with Crippen molar-refractivity contribution in [2.75, 3.05) is 4.90 Å². The predicted molar refractivity (Wildman–Crippen MR) is 280 cm³/mol. The molecule has 0 fully saturated rings. The van der Waals surface area contributed by atoms with Crippen LogP contribution in [0.5, 0.6) is 0 Å². The van der Waals surface area contributed by atoms with Gasteiger partial charge in [-0.25, -0.2) is 0 Å². The van der Waals surface area contributed by atoms with Crippen molar-refractivity contribution in [1.82, 2.24) is 0 Å². The lowest BCUT2D eigenvalue weighted by molar-refractivity contribution is 0.669. The standard InChI is InChI=1S/C65H43NO/c1-4-19-45(20-5-1)54-38-36-48(47-35-34-44-18-10-11-21-46(44)40-47)42-61(54)66(52-27-16-22-49(41-52)55-30-17-33-63-64(55)58-29-13-15-32-62(58)67-63)53-37-39-57-56-28-12-14-31-59(56)65(60(57)43-53,50-23-6-2-7-24-50)51-25-8-3-9-26-51/h1-43H. The number of benzene rings is 11. The number of fused-ring (bicyclic) bond motifs is 7. The minimum atomic E-state index is -0.564. The Balaban J connectivity index is 1.10. The first-order valence-corrected chi connectivity index (χ1v) is 23.1. The Morgan fingerprint density at radius 2 is 0.896 bits per heavy atom.